The quantitative estimate of drug-likeness (QED) is 0.847. The van der Waals surface area contributed by atoms with Crippen LogP contribution in [0.4, 0.5) is 0 Å². The van der Waals surface area contributed by atoms with Crippen LogP contribution in [0.1, 0.15) is 68.3 Å². The first kappa shape index (κ1) is 17.7. The molecule has 1 heterocycles. The zero-order valence-electron chi connectivity index (χ0n) is 15.3. The maximum Gasteiger partial charge on any atom is 0.231 e. The van der Waals surface area contributed by atoms with Crippen molar-refractivity contribution in [3.8, 4) is 0 Å². The van der Waals surface area contributed by atoms with E-state index in [9.17, 15) is 4.79 Å². The van der Waals surface area contributed by atoms with Crippen LogP contribution < -0.4 is 5.32 Å². The number of hydrogen-bond donors (Lipinski definition) is 1. The summed E-state index contributed by atoms with van der Waals surface area (Å²) in [5.41, 5.74) is 2.89. The van der Waals surface area contributed by atoms with Gasteiger partial charge in [-0.05, 0) is 49.4 Å². The molecule has 3 nitrogen and oxygen atoms in total. The van der Waals surface area contributed by atoms with Gasteiger partial charge in [-0.1, -0.05) is 56.5 Å². The van der Waals surface area contributed by atoms with Crippen LogP contribution in [0.2, 0.25) is 0 Å². The highest BCUT2D eigenvalue weighted by Crippen LogP contribution is 2.40. The molecule has 2 aromatic rings. The van der Waals surface area contributed by atoms with Gasteiger partial charge in [0.05, 0.1) is 17.2 Å². The van der Waals surface area contributed by atoms with Crippen LogP contribution in [0.15, 0.2) is 48.7 Å². The average Bonchev–Trinajstić information content (AvgIpc) is 2.67. The van der Waals surface area contributed by atoms with Gasteiger partial charge in [0, 0.05) is 6.20 Å². The third kappa shape index (κ3) is 3.76. The van der Waals surface area contributed by atoms with Crippen LogP contribution >= 0.6 is 0 Å². The van der Waals surface area contributed by atoms with Crippen molar-refractivity contribution in [3.63, 3.8) is 0 Å². The Labute approximate surface area is 150 Å². The van der Waals surface area contributed by atoms with Crippen LogP contribution in [0.25, 0.3) is 0 Å². The highest BCUT2D eigenvalue weighted by molar-refractivity contribution is 5.88. The second-order valence-electron chi connectivity index (χ2n) is 7.20. The van der Waals surface area contributed by atoms with Crippen LogP contribution in [0.5, 0.6) is 0 Å². The Balaban J connectivity index is 1.87. The Bertz CT molecular complexity index is 705. The number of amides is 1. The van der Waals surface area contributed by atoms with Gasteiger partial charge >= 0.3 is 0 Å². The van der Waals surface area contributed by atoms with Gasteiger partial charge in [0.15, 0.2) is 0 Å². The molecule has 1 aliphatic rings. The summed E-state index contributed by atoms with van der Waals surface area (Å²) in [7, 11) is 0. The number of rotatable bonds is 5. The summed E-state index contributed by atoms with van der Waals surface area (Å²) in [5, 5.41) is 3.32. The van der Waals surface area contributed by atoms with Gasteiger partial charge in [0.2, 0.25) is 5.91 Å². The van der Waals surface area contributed by atoms with E-state index in [2.05, 4.69) is 42.3 Å². The topological polar surface area (TPSA) is 42.0 Å². The molecule has 1 atom stereocenters. The van der Waals surface area contributed by atoms with Crippen molar-refractivity contribution < 1.29 is 4.79 Å². The first-order valence-electron chi connectivity index (χ1n) is 9.45. The molecular weight excluding hydrogens is 308 g/mol. The van der Waals surface area contributed by atoms with E-state index in [1.165, 1.54) is 12.0 Å². The lowest BCUT2D eigenvalue weighted by Crippen LogP contribution is -2.47. The molecule has 0 aliphatic heterocycles. The third-order valence-electron chi connectivity index (χ3n) is 5.48. The highest BCUT2D eigenvalue weighted by Gasteiger charge is 2.41. The van der Waals surface area contributed by atoms with Gasteiger partial charge in [0.25, 0.3) is 0 Å². The lowest BCUT2D eigenvalue weighted by atomic mass is 9.68. The van der Waals surface area contributed by atoms with E-state index < -0.39 is 5.41 Å². The molecular formula is C22H28N2O. The zero-order valence-corrected chi connectivity index (χ0v) is 15.3. The monoisotopic (exact) mass is 336 g/mol. The molecule has 25 heavy (non-hydrogen) atoms. The molecule has 0 spiro atoms. The van der Waals surface area contributed by atoms with E-state index in [0.29, 0.717) is 0 Å². The predicted molar refractivity (Wildman–Crippen MR) is 101 cm³/mol. The van der Waals surface area contributed by atoms with Gasteiger partial charge < -0.3 is 5.32 Å². The van der Waals surface area contributed by atoms with E-state index in [-0.39, 0.29) is 11.9 Å². The van der Waals surface area contributed by atoms with E-state index >= 15 is 0 Å². The Kier molecular flexibility index (Phi) is 5.52. The van der Waals surface area contributed by atoms with Crippen molar-refractivity contribution >= 4 is 5.91 Å². The van der Waals surface area contributed by atoms with Crippen molar-refractivity contribution in [1.29, 1.82) is 0 Å². The lowest BCUT2D eigenvalue weighted by molar-refractivity contribution is -0.129. The van der Waals surface area contributed by atoms with Crippen LogP contribution in [0, 0.1) is 6.92 Å². The molecule has 1 aliphatic carbocycles. The molecule has 0 radical (unpaired) electrons. The summed E-state index contributed by atoms with van der Waals surface area (Å²) in [5.74, 6) is 0.161. The minimum atomic E-state index is -0.392. The third-order valence-corrected chi connectivity index (χ3v) is 5.48. The summed E-state index contributed by atoms with van der Waals surface area (Å²) in [6.07, 6.45) is 7.98. The van der Waals surface area contributed by atoms with E-state index in [0.717, 1.165) is 43.4 Å². The SMILES string of the molecule is CC[C@H](NC(=O)C1(c2ccccc2)CCCCC1)c1cc(C)ccn1. The molecule has 1 amide bonds. The van der Waals surface area contributed by atoms with E-state index in [1.54, 1.807) is 0 Å². The molecule has 1 aromatic carbocycles. The number of aryl methyl sites for hydroxylation is 1. The molecule has 3 rings (SSSR count). The van der Waals surface area contributed by atoms with Gasteiger partial charge in [-0.15, -0.1) is 0 Å². The van der Waals surface area contributed by atoms with Crippen molar-refractivity contribution in [1.82, 2.24) is 10.3 Å². The molecule has 1 saturated carbocycles. The van der Waals surface area contributed by atoms with Crippen molar-refractivity contribution in [2.24, 2.45) is 0 Å². The Morgan fingerprint density at radius 3 is 2.52 bits per heavy atom. The molecule has 0 saturated heterocycles. The van der Waals surface area contributed by atoms with Crippen LogP contribution in [0.3, 0.4) is 0 Å². The van der Waals surface area contributed by atoms with Crippen LogP contribution in [-0.4, -0.2) is 10.9 Å². The number of pyridine rings is 1. The maximum absolute atomic E-state index is 13.4. The average molecular weight is 336 g/mol. The normalized spacial score (nSPS) is 17.7. The van der Waals surface area contributed by atoms with Gasteiger partial charge in [-0.3, -0.25) is 9.78 Å². The molecule has 1 N–H and O–H groups in total. The van der Waals surface area contributed by atoms with E-state index in [1.807, 2.05) is 30.5 Å². The van der Waals surface area contributed by atoms with Crippen LogP contribution in [-0.2, 0) is 10.2 Å². The highest BCUT2D eigenvalue weighted by atomic mass is 16.2. The fraction of sp³-hybridized carbons (Fsp3) is 0.455. The molecule has 1 fully saturated rings. The number of carbonyl (C=O) groups is 1. The van der Waals surface area contributed by atoms with Crippen molar-refractivity contribution in [2.45, 2.75) is 63.8 Å². The summed E-state index contributed by atoms with van der Waals surface area (Å²) < 4.78 is 0. The van der Waals surface area contributed by atoms with Crippen molar-refractivity contribution in [3.05, 3.63) is 65.5 Å². The second-order valence-corrected chi connectivity index (χ2v) is 7.20. The molecule has 3 heteroatoms. The molecule has 0 unspecified atom stereocenters. The summed E-state index contributed by atoms with van der Waals surface area (Å²) >= 11 is 0. The number of nitrogens with one attached hydrogen (secondary N) is 1. The number of carbonyl (C=O) groups excluding carboxylic acids is 1. The minimum Gasteiger partial charge on any atom is -0.347 e. The maximum atomic E-state index is 13.4. The standard InChI is InChI=1S/C22H28N2O/c1-3-19(20-16-17(2)12-15-23-20)24-21(25)22(13-8-5-9-14-22)18-10-6-4-7-11-18/h4,6-7,10-12,15-16,19H,3,5,8-9,13-14H2,1-2H3,(H,24,25)/t19-/m0/s1. The fourth-order valence-electron chi connectivity index (χ4n) is 3.99. The second kappa shape index (κ2) is 7.81. The number of aromatic nitrogens is 1. The number of nitrogens with zero attached hydrogens (tertiary/aromatic N) is 1. The number of benzene rings is 1. The minimum absolute atomic E-state index is 0.0325. The predicted octanol–water partition coefficient (Wildman–Crippen LogP) is 4.86. The molecule has 132 valence electrons. The summed E-state index contributed by atoms with van der Waals surface area (Å²) in [4.78, 5) is 17.9. The van der Waals surface area contributed by atoms with Crippen molar-refractivity contribution in [2.75, 3.05) is 0 Å². The largest absolute Gasteiger partial charge is 0.347 e. The smallest absolute Gasteiger partial charge is 0.231 e. The lowest BCUT2D eigenvalue weighted by Gasteiger charge is -2.37. The molecule has 1 aromatic heterocycles. The summed E-state index contributed by atoms with van der Waals surface area (Å²) in [6, 6.07) is 14.3. The number of hydrogen-bond acceptors (Lipinski definition) is 2. The Hall–Kier alpha value is -2.16. The van der Waals surface area contributed by atoms with Gasteiger partial charge in [-0.2, -0.15) is 0 Å². The summed E-state index contributed by atoms with van der Waals surface area (Å²) in [6.45, 7) is 4.16. The Morgan fingerprint density at radius 1 is 1.16 bits per heavy atom. The Morgan fingerprint density at radius 2 is 1.88 bits per heavy atom. The van der Waals surface area contributed by atoms with Gasteiger partial charge in [-0.25, -0.2) is 0 Å². The van der Waals surface area contributed by atoms with Gasteiger partial charge in [0.1, 0.15) is 0 Å². The zero-order chi connectivity index (χ0) is 17.7. The fourth-order valence-corrected chi connectivity index (χ4v) is 3.99. The van der Waals surface area contributed by atoms with E-state index in [4.69, 9.17) is 0 Å². The molecule has 0 bridgehead atoms. The first-order valence-corrected chi connectivity index (χ1v) is 9.45. The first-order chi connectivity index (χ1) is 12.2.